The first-order chi connectivity index (χ1) is 10.9. The Bertz CT molecular complexity index is 544. The highest BCUT2D eigenvalue weighted by Gasteiger charge is 2.51. The summed E-state index contributed by atoms with van der Waals surface area (Å²) in [6.45, 7) is -0.0148. The third kappa shape index (κ3) is 6.81. The van der Waals surface area contributed by atoms with Crippen LogP contribution in [0.1, 0.15) is 13.8 Å². The van der Waals surface area contributed by atoms with Crippen molar-refractivity contribution in [2.75, 3.05) is 24.6 Å². The molecule has 14 heteroatoms. The number of thioether (sulfide) groups is 1. The lowest BCUT2D eigenvalue weighted by Crippen LogP contribution is -2.42. The summed E-state index contributed by atoms with van der Waals surface area (Å²) in [6.07, 6.45) is 0. The molecule has 2 atom stereocenters. The molecule has 11 nitrogen and oxygen atoms in total. The number of esters is 2. The van der Waals surface area contributed by atoms with Crippen molar-refractivity contribution in [3.05, 3.63) is 0 Å². The zero-order chi connectivity index (χ0) is 18.5. The van der Waals surface area contributed by atoms with Crippen LogP contribution in [0.5, 0.6) is 0 Å². The molecule has 1 rings (SSSR count). The van der Waals surface area contributed by atoms with E-state index in [-0.39, 0.29) is 13.1 Å². The van der Waals surface area contributed by atoms with Crippen molar-refractivity contribution in [3.63, 3.8) is 0 Å². The Labute approximate surface area is 142 Å². The molecule has 24 heavy (non-hydrogen) atoms. The molecule has 3 N–H and O–H groups in total. The predicted molar refractivity (Wildman–Crippen MR) is 83.0 cm³/mol. The van der Waals surface area contributed by atoms with Crippen LogP contribution in [0.25, 0.3) is 0 Å². The third-order valence-corrected chi connectivity index (χ3v) is 7.76. The lowest BCUT2D eigenvalue weighted by atomic mass is 10.5. The Kier molecular flexibility index (Phi) is 7.89. The molecule has 0 amide bonds. The van der Waals surface area contributed by atoms with Crippen LogP contribution in [0.2, 0.25) is 0 Å². The lowest BCUT2D eigenvalue weighted by molar-refractivity contribution is -0.234. The Balaban J connectivity index is 3.04. The molecule has 0 radical (unpaired) electrons. The van der Waals surface area contributed by atoms with Gasteiger partial charge in [-0.05, 0) is 0 Å². The molecular weight excluding hydrogens is 388 g/mol. The maximum absolute atomic E-state index is 12.4. The highest BCUT2D eigenvalue weighted by Crippen LogP contribution is 2.64. The second-order valence-electron chi connectivity index (χ2n) is 4.76. The van der Waals surface area contributed by atoms with E-state index >= 15 is 0 Å². The minimum Gasteiger partial charge on any atom is -0.400 e. The maximum atomic E-state index is 12.4. The molecule has 0 aromatic rings. The number of ether oxygens (including phenoxy) is 2. The second-order valence-corrected chi connectivity index (χ2v) is 9.89. The van der Waals surface area contributed by atoms with Crippen LogP contribution >= 0.6 is 27.0 Å². The summed E-state index contributed by atoms with van der Waals surface area (Å²) in [6, 6.07) is 0. The van der Waals surface area contributed by atoms with Gasteiger partial charge in [-0.1, -0.05) is 0 Å². The van der Waals surface area contributed by atoms with Crippen molar-refractivity contribution in [1.29, 1.82) is 0 Å². The van der Waals surface area contributed by atoms with Gasteiger partial charge in [-0.15, -0.1) is 0 Å². The fourth-order valence-corrected chi connectivity index (χ4v) is 6.29. The van der Waals surface area contributed by atoms with Crippen LogP contribution in [0.4, 0.5) is 0 Å². The number of nitrogens with zero attached hydrogens (tertiary/aromatic N) is 1. The Morgan fingerprint density at radius 3 is 1.88 bits per heavy atom. The molecular formula is C10H19NO10P2S. The first kappa shape index (κ1) is 21.6. The number of carbonyl (C=O) groups excluding carboxylic acids is 2. The van der Waals surface area contributed by atoms with E-state index in [4.69, 9.17) is 0 Å². The van der Waals surface area contributed by atoms with E-state index < -0.39 is 39.1 Å². The smallest absolute Gasteiger partial charge is 0.372 e. The van der Waals surface area contributed by atoms with Crippen LogP contribution < -0.4 is 0 Å². The normalized spacial score (nSPS) is 20.2. The number of rotatable bonds is 7. The van der Waals surface area contributed by atoms with Crippen molar-refractivity contribution in [2.24, 2.45) is 0 Å². The van der Waals surface area contributed by atoms with Gasteiger partial charge >= 0.3 is 33.6 Å². The van der Waals surface area contributed by atoms with Gasteiger partial charge in [-0.2, -0.15) is 11.8 Å². The molecule has 1 aliphatic rings. The molecule has 0 aromatic carbocycles. The zero-order valence-electron chi connectivity index (χ0n) is 12.9. The molecule has 2 unspecified atom stereocenters. The minimum absolute atomic E-state index is 0.153. The van der Waals surface area contributed by atoms with Crippen LogP contribution in [0.15, 0.2) is 0 Å². The van der Waals surface area contributed by atoms with E-state index in [0.717, 1.165) is 18.7 Å². The summed E-state index contributed by atoms with van der Waals surface area (Å²) in [5.74, 6) is -0.950. The predicted octanol–water partition coefficient (Wildman–Crippen LogP) is 0.108. The van der Waals surface area contributed by atoms with Crippen LogP contribution in [0, 0.1) is 0 Å². The van der Waals surface area contributed by atoms with Gasteiger partial charge in [0.05, 0.1) is 0 Å². The van der Waals surface area contributed by atoms with E-state index in [0.29, 0.717) is 11.5 Å². The van der Waals surface area contributed by atoms with Gasteiger partial charge in [0.1, 0.15) is 0 Å². The molecule has 1 fully saturated rings. The van der Waals surface area contributed by atoms with Crippen LogP contribution in [-0.4, -0.2) is 68.1 Å². The molecule has 1 aliphatic heterocycles. The summed E-state index contributed by atoms with van der Waals surface area (Å²) < 4.78 is 37.6. The SMILES string of the molecule is CC(=O)OC(OC(C)=O)OP(=O)(O)C(N1CCSCC1)P(=O)(O)O. The van der Waals surface area contributed by atoms with Gasteiger partial charge in [0.2, 0.25) is 5.52 Å². The highest BCUT2D eigenvalue weighted by molar-refractivity contribution is 7.99. The number of carbonyl (C=O) groups is 2. The first-order valence-electron chi connectivity index (χ1n) is 6.66. The van der Waals surface area contributed by atoms with Crippen LogP contribution in [0.3, 0.4) is 0 Å². The van der Waals surface area contributed by atoms with Crippen molar-refractivity contribution in [1.82, 2.24) is 4.90 Å². The largest absolute Gasteiger partial charge is 0.400 e. The molecule has 0 saturated carbocycles. The molecule has 0 aromatic heterocycles. The molecule has 0 aliphatic carbocycles. The summed E-state index contributed by atoms with van der Waals surface area (Å²) in [4.78, 5) is 52.1. The van der Waals surface area contributed by atoms with Crippen LogP contribution in [-0.2, 0) is 32.7 Å². The minimum atomic E-state index is -5.09. The summed E-state index contributed by atoms with van der Waals surface area (Å²) in [5, 5.41) is 0. The van der Waals surface area contributed by atoms with Crippen molar-refractivity contribution in [2.45, 2.75) is 25.8 Å². The second kappa shape index (κ2) is 8.77. The molecule has 1 heterocycles. The van der Waals surface area contributed by atoms with E-state index in [1.165, 1.54) is 11.8 Å². The average molecular weight is 407 g/mol. The van der Waals surface area contributed by atoms with E-state index in [2.05, 4.69) is 14.0 Å². The van der Waals surface area contributed by atoms with E-state index in [1.807, 2.05) is 0 Å². The Hall–Kier alpha value is -0.450. The molecule has 1 saturated heterocycles. The third-order valence-electron chi connectivity index (χ3n) is 2.73. The number of hydrogen-bond acceptors (Lipinski definition) is 9. The standard InChI is InChI=1S/C10H19NO10P2S/c1-7(12)19-10(20-8(2)13)21-23(17,18)9(22(14,15)16)11-3-5-24-6-4-11/h9-10H,3-6H2,1-2H3,(H,17,18)(H2,14,15,16). The van der Waals surface area contributed by atoms with Crippen molar-refractivity contribution in [3.8, 4) is 0 Å². The molecule has 0 spiro atoms. The van der Waals surface area contributed by atoms with Gasteiger partial charge in [0.25, 0.3) is 0 Å². The average Bonchev–Trinajstić information content (AvgIpc) is 2.35. The molecule has 140 valence electrons. The number of hydrogen-bond donors (Lipinski definition) is 3. The summed E-state index contributed by atoms with van der Waals surface area (Å²) >= 11 is 1.52. The highest BCUT2D eigenvalue weighted by atomic mass is 32.2. The summed E-state index contributed by atoms with van der Waals surface area (Å²) in [7, 11) is -10.2. The first-order valence-corrected chi connectivity index (χ1v) is 11.1. The van der Waals surface area contributed by atoms with Gasteiger partial charge in [-0.25, -0.2) is 4.52 Å². The monoisotopic (exact) mass is 407 g/mol. The van der Waals surface area contributed by atoms with E-state index in [1.54, 1.807) is 0 Å². The lowest BCUT2D eigenvalue weighted by Gasteiger charge is -2.36. The van der Waals surface area contributed by atoms with Gasteiger partial charge < -0.3 is 24.2 Å². The van der Waals surface area contributed by atoms with Gasteiger partial charge in [0, 0.05) is 38.4 Å². The fourth-order valence-electron chi connectivity index (χ4n) is 1.93. The van der Waals surface area contributed by atoms with Crippen molar-refractivity contribution >= 4 is 38.9 Å². The zero-order valence-corrected chi connectivity index (χ0v) is 15.5. The fraction of sp³-hybridized carbons (Fsp3) is 0.800. The van der Waals surface area contributed by atoms with Gasteiger partial charge in [-0.3, -0.25) is 23.6 Å². The van der Waals surface area contributed by atoms with Gasteiger partial charge in [0.15, 0.2) is 0 Å². The topological polar surface area (TPSA) is 160 Å². The maximum Gasteiger partial charge on any atom is 0.372 e. The quantitative estimate of drug-likeness (QED) is 0.297. The summed E-state index contributed by atoms with van der Waals surface area (Å²) in [5.41, 5.74) is -2.15. The Morgan fingerprint density at radius 1 is 1.04 bits per heavy atom. The van der Waals surface area contributed by atoms with E-state index in [9.17, 15) is 33.4 Å². The van der Waals surface area contributed by atoms with Crippen molar-refractivity contribution < 1.29 is 47.4 Å². The molecule has 0 bridgehead atoms. The Morgan fingerprint density at radius 2 is 1.50 bits per heavy atom.